The van der Waals surface area contributed by atoms with Gasteiger partial charge in [-0.3, -0.25) is 9.59 Å². The number of amides is 2. The topological polar surface area (TPSA) is 67.9 Å². The van der Waals surface area contributed by atoms with Gasteiger partial charge in [0.25, 0.3) is 5.91 Å². The highest BCUT2D eigenvalue weighted by Gasteiger charge is 2.34. The number of rotatable bonds is 6. The van der Waals surface area contributed by atoms with Crippen LogP contribution in [0.5, 0.6) is 11.5 Å². The van der Waals surface area contributed by atoms with Gasteiger partial charge in [-0.25, -0.2) is 0 Å². The standard InChI is InChI=1S/C22H26N2O4/c1-15-6-7-16(2)20(13-15)28-14-21(25)24-12-4-5-19(24)22(26)23-17-8-10-18(27-3)11-9-17/h6-11,13,19H,4-5,12,14H2,1-3H3,(H,23,26). The molecule has 2 aromatic carbocycles. The molecule has 1 aliphatic rings. The summed E-state index contributed by atoms with van der Waals surface area (Å²) in [5.74, 6) is 1.07. The number of aryl methyl sites for hydroxylation is 2. The van der Waals surface area contributed by atoms with Crippen molar-refractivity contribution in [1.29, 1.82) is 0 Å². The molecule has 6 nitrogen and oxygen atoms in total. The minimum absolute atomic E-state index is 0.0728. The van der Waals surface area contributed by atoms with Crippen molar-refractivity contribution in [1.82, 2.24) is 4.90 Å². The van der Waals surface area contributed by atoms with E-state index >= 15 is 0 Å². The van der Waals surface area contributed by atoms with Crippen molar-refractivity contribution in [3.63, 3.8) is 0 Å². The molecule has 0 bridgehead atoms. The van der Waals surface area contributed by atoms with Gasteiger partial charge in [0, 0.05) is 12.2 Å². The maximum atomic E-state index is 12.7. The smallest absolute Gasteiger partial charge is 0.261 e. The molecule has 148 valence electrons. The number of nitrogens with one attached hydrogen (secondary N) is 1. The molecular formula is C22H26N2O4. The van der Waals surface area contributed by atoms with E-state index in [2.05, 4.69) is 5.32 Å². The first-order chi connectivity index (χ1) is 13.5. The van der Waals surface area contributed by atoms with Gasteiger partial charge in [0.2, 0.25) is 5.91 Å². The highest BCUT2D eigenvalue weighted by atomic mass is 16.5. The Morgan fingerprint density at radius 3 is 2.61 bits per heavy atom. The van der Waals surface area contributed by atoms with E-state index in [1.807, 2.05) is 32.0 Å². The Kier molecular flexibility index (Phi) is 6.19. The number of benzene rings is 2. The van der Waals surface area contributed by atoms with Crippen LogP contribution >= 0.6 is 0 Å². The summed E-state index contributed by atoms with van der Waals surface area (Å²) >= 11 is 0. The van der Waals surface area contributed by atoms with Gasteiger partial charge >= 0.3 is 0 Å². The predicted octanol–water partition coefficient (Wildman–Crippen LogP) is 3.32. The molecule has 1 N–H and O–H groups in total. The lowest BCUT2D eigenvalue weighted by atomic mass is 10.1. The molecule has 0 aliphatic carbocycles. The van der Waals surface area contributed by atoms with Crippen molar-refractivity contribution in [2.75, 3.05) is 25.6 Å². The lowest BCUT2D eigenvalue weighted by Gasteiger charge is -2.24. The van der Waals surface area contributed by atoms with E-state index in [4.69, 9.17) is 9.47 Å². The molecule has 3 rings (SSSR count). The average Bonchev–Trinajstić information content (AvgIpc) is 3.19. The quantitative estimate of drug-likeness (QED) is 0.832. The molecule has 0 radical (unpaired) electrons. The molecule has 0 spiro atoms. The van der Waals surface area contributed by atoms with Gasteiger partial charge in [0.15, 0.2) is 6.61 Å². The molecule has 6 heteroatoms. The van der Waals surface area contributed by atoms with E-state index in [1.165, 1.54) is 0 Å². The molecule has 1 fully saturated rings. The molecule has 1 aliphatic heterocycles. The zero-order valence-corrected chi connectivity index (χ0v) is 16.5. The summed E-state index contributed by atoms with van der Waals surface area (Å²) in [6, 6.07) is 12.5. The molecule has 2 amide bonds. The largest absolute Gasteiger partial charge is 0.497 e. The Balaban J connectivity index is 1.60. The van der Waals surface area contributed by atoms with E-state index in [9.17, 15) is 9.59 Å². The molecule has 0 saturated carbocycles. The maximum Gasteiger partial charge on any atom is 0.261 e. The minimum atomic E-state index is -0.475. The van der Waals surface area contributed by atoms with Gasteiger partial charge in [-0.15, -0.1) is 0 Å². The highest BCUT2D eigenvalue weighted by Crippen LogP contribution is 2.22. The van der Waals surface area contributed by atoms with Gasteiger partial charge in [0.05, 0.1) is 7.11 Å². The van der Waals surface area contributed by atoms with Gasteiger partial charge in [-0.2, -0.15) is 0 Å². The van der Waals surface area contributed by atoms with Crippen LogP contribution in [0.4, 0.5) is 5.69 Å². The van der Waals surface area contributed by atoms with Crippen LogP contribution in [-0.4, -0.2) is 43.0 Å². The Hall–Kier alpha value is -3.02. The average molecular weight is 382 g/mol. The highest BCUT2D eigenvalue weighted by molar-refractivity contribution is 5.97. The van der Waals surface area contributed by atoms with Crippen LogP contribution < -0.4 is 14.8 Å². The van der Waals surface area contributed by atoms with Crippen molar-refractivity contribution in [2.24, 2.45) is 0 Å². The second-order valence-electron chi connectivity index (χ2n) is 7.02. The fraction of sp³-hybridized carbons (Fsp3) is 0.364. The molecule has 0 aromatic heterocycles. The summed E-state index contributed by atoms with van der Waals surface area (Å²) in [7, 11) is 1.59. The number of nitrogens with zero attached hydrogens (tertiary/aromatic N) is 1. The lowest BCUT2D eigenvalue weighted by Crippen LogP contribution is -2.45. The number of ether oxygens (including phenoxy) is 2. The Morgan fingerprint density at radius 2 is 1.89 bits per heavy atom. The fourth-order valence-electron chi connectivity index (χ4n) is 3.32. The lowest BCUT2D eigenvalue weighted by molar-refractivity contribution is -0.138. The van der Waals surface area contributed by atoms with E-state index in [1.54, 1.807) is 36.3 Å². The number of carbonyl (C=O) groups is 2. The summed E-state index contributed by atoms with van der Waals surface area (Å²) in [4.78, 5) is 27.0. The summed E-state index contributed by atoms with van der Waals surface area (Å²) in [6.07, 6.45) is 1.45. The number of hydrogen-bond donors (Lipinski definition) is 1. The zero-order chi connectivity index (χ0) is 20.1. The third-order valence-electron chi connectivity index (χ3n) is 4.93. The zero-order valence-electron chi connectivity index (χ0n) is 16.5. The van der Waals surface area contributed by atoms with Crippen LogP contribution in [0.2, 0.25) is 0 Å². The number of likely N-dealkylation sites (tertiary alicyclic amines) is 1. The van der Waals surface area contributed by atoms with Gasteiger partial charge in [-0.1, -0.05) is 12.1 Å². The second-order valence-corrected chi connectivity index (χ2v) is 7.02. The SMILES string of the molecule is COc1ccc(NC(=O)C2CCCN2C(=O)COc2cc(C)ccc2C)cc1. The van der Waals surface area contributed by atoms with E-state index in [0.29, 0.717) is 24.4 Å². The van der Waals surface area contributed by atoms with Crippen LogP contribution in [-0.2, 0) is 9.59 Å². The fourth-order valence-corrected chi connectivity index (χ4v) is 3.32. The van der Waals surface area contributed by atoms with Crippen molar-refractivity contribution in [3.05, 3.63) is 53.6 Å². The van der Waals surface area contributed by atoms with Crippen LogP contribution in [0, 0.1) is 13.8 Å². The van der Waals surface area contributed by atoms with Crippen molar-refractivity contribution >= 4 is 17.5 Å². The van der Waals surface area contributed by atoms with Crippen LogP contribution in [0.1, 0.15) is 24.0 Å². The van der Waals surface area contributed by atoms with Crippen molar-refractivity contribution in [3.8, 4) is 11.5 Å². The summed E-state index contributed by atoms with van der Waals surface area (Å²) < 4.78 is 10.8. The molecule has 1 atom stereocenters. The van der Waals surface area contributed by atoms with Gasteiger partial charge in [0.1, 0.15) is 17.5 Å². The molecule has 1 unspecified atom stereocenters. The Labute approximate surface area is 165 Å². The molecule has 2 aromatic rings. The normalized spacial score (nSPS) is 16.0. The third-order valence-corrected chi connectivity index (χ3v) is 4.93. The second kappa shape index (κ2) is 8.78. The third kappa shape index (κ3) is 4.63. The van der Waals surface area contributed by atoms with Crippen LogP contribution in [0.15, 0.2) is 42.5 Å². The van der Waals surface area contributed by atoms with E-state index in [-0.39, 0.29) is 18.4 Å². The van der Waals surface area contributed by atoms with Crippen molar-refractivity contribution < 1.29 is 19.1 Å². The monoisotopic (exact) mass is 382 g/mol. The van der Waals surface area contributed by atoms with Gasteiger partial charge in [-0.05, 0) is 68.1 Å². The first-order valence-corrected chi connectivity index (χ1v) is 9.42. The van der Waals surface area contributed by atoms with Crippen molar-refractivity contribution in [2.45, 2.75) is 32.7 Å². The van der Waals surface area contributed by atoms with E-state index < -0.39 is 6.04 Å². The molecule has 28 heavy (non-hydrogen) atoms. The Morgan fingerprint density at radius 1 is 1.14 bits per heavy atom. The summed E-state index contributed by atoms with van der Waals surface area (Å²) in [5.41, 5.74) is 2.73. The molecule has 1 saturated heterocycles. The van der Waals surface area contributed by atoms with Crippen LogP contribution in [0.25, 0.3) is 0 Å². The predicted molar refractivity (Wildman–Crippen MR) is 108 cm³/mol. The van der Waals surface area contributed by atoms with Gasteiger partial charge < -0.3 is 19.7 Å². The first-order valence-electron chi connectivity index (χ1n) is 9.42. The summed E-state index contributed by atoms with van der Waals surface area (Å²) in [6.45, 7) is 4.42. The number of carbonyl (C=O) groups excluding carboxylic acids is 2. The minimum Gasteiger partial charge on any atom is -0.497 e. The van der Waals surface area contributed by atoms with Crippen LogP contribution in [0.3, 0.4) is 0 Å². The Bertz CT molecular complexity index is 848. The number of methoxy groups -OCH3 is 1. The molecular weight excluding hydrogens is 356 g/mol. The summed E-state index contributed by atoms with van der Waals surface area (Å²) in [5, 5.41) is 2.88. The maximum absolute atomic E-state index is 12.7. The number of anilines is 1. The molecule has 1 heterocycles. The van der Waals surface area contributed by atoms with E-state index in [0.717, 1.165) is 23.3 Å². The number of hydrogen-bond acceptors (Lipinski definition) is 4. The first kappa shape index (κ1) is 19.7.